The molecule has 0 atom stereocenters. The number of fused-ring (bicyclic) bond motifs is 1. The van der Waals surface area contributed by atoms with Gasteiger partial charge in [-0.15, -0.1) is 0 Å². The molecule has 0 radical (unpaired) electrons. The molecule has 1 amide bonds. The molecule has 1 heterocycles. The van der Waals surface area contributed by atoms with E-state index in [9.17, 15) is 9.18 Å². The van der Waals surface area contributed by atoms with Crippen LogP contribution in [0.15, 0.2) is 16.6 Å². The van der Waals surface area contributed by atoms with Crippen LogP contribution in [0, 0.1) is 5.82 Å². The predicted molar refractivity (Wildman–Crippen MR) is 57.4 cm³/mol. The van der Waals surface area contributed by atoms with Crippen molar-refractivity contribution in [2.75, 3.05) is 5.32 Å². The minimum atomic E-state index is -0.983. The SMILES string of the molecule is CC1(C)Oc2c(Br)ccc(F)c2NC1=O. The van der Waals surface area contributed by atoms with E-state index in [4.69, 9.17) is 4.74 Å². The van der Waals surface area contributed by atoms with Gasteiger partial charge in [-0.1, -0.05) is 0 Å². The van der Waals surface area contributed by atoms with E-state index in [1.165, 1.54) is 6.07 Å². The van der Waals surface area contributed by atoms with Gasteiger partial charge in [0.25, 0.3) is 5.91 Å². The molecule has 2 rings (SSSR count). The van der Waals surface area contributed by atoms with E-state index in [1.807, 2.05) is 0 Å². The Morgan fingerprint density at radius 2 is 2.13 bits per heavy atom. The van der Waals surface area contributed by atoms with Crippen LogP contribution in [0.1, 0.15) is 13.8 Å². The van der Waals surface area contributed by atoms with Crippen LogP contribution in [0.2, 0.25) is 0 Å². The summed E-state index contributed by atoms with van der Waals surface area (Å²) in [6, 6.07) is 2.81. The second kappa shape index (κ2) is 3.20. The molecule has 1 aromatic rings. The lowest BCUT2D eigenvalue weighted by atomic mass is 10.1. The number of carbonyl (C=O) groups excluding carboxylic acids is 1. The van der Waals surface area contributed by atoms with E-state index in [-0.39, 0.29) is 11.6 Å². The Bertz CT molecular complexity index is 445. The zero-order valence-corrected chi connectivity index (χ0v) is 9.81. The Morgan fingerprint density at radius 3 is 2.80 bits per heavy atom. The van der Waals surface area contributed by atoms with Gasteiger partial charge in [0.2, 0.25) is 0 Å². The van der Waals surface area contributed by atoms with Gasteiger partial charge in [0.05, 0.1) is 4.47 Å². The Labute approximate surface area is 94.7 Å². The molecule has 0 fully saturated rings. The van der Waals surface area contributed by atoms with Crippen molar-refractivity contribution in [3.8, 4) is 5.75 Å². The summed E-state index contributed by atoms with van der Waals surface area (Å²) in [5.74, 6) is -0.524. The smallest absolute Gasteiger partial charge is 0.268 e. The van der Waals surface area contributed by atoms with E-state index < -0.39 is 11.4 Å². The standard InChI is InChI=1S/C10H9BrFNO2/c1-10(2)9(14)13-7-6(12)4-3-5(11)8(7)15-10/h3-4H,1-2H3,(H,13,14). The summed E-state index contributed by atoms with van der Waals surface area (Å²) in [5.41, 5.74) is -0.891. The summed E-state index contributed by atoms with van der Waals surface area (Å²) in [6.45, 7) is 3.26. The van der Waals surface area contributed by atoms with E-state index in [1.54, 1.807) is 19.9 Å². The zero-order chi connectivity index (χ0) is 11.2. The third-order valence-electron chi connectivity index (χ3n) is 2.20. The average Bonchev–Trinajstić information content (AvgIpc) is 2.15. The summed E-state index contributed by atoms with van der Waals surface area (Å²) in [4.78, 5) is 11.5. The second-order valence-corrected chi connectivity index (χ2v) is 4.65. The first-order valence-corrected chi connectivity index (χ1v) is 5.19. The van der Waals surface area contributed by atoms with Crippen molar-refractivity contribution in [1.29, 1.82) is 0 Å². The zero-order valence-electron chi connectivity index (χ0n) is 8.23. The van der Waals surface area contributed by atoms with Crippen LogP contribution >= 0.6 is 15.9 Å². The van der Waals surface area contributed by atoms with Gasteiger partial charge in [0.15, 0.2) is 17.2 Å². The van der Waals surface area contributed by atoms with Gasteiger partial charge in [-0.05, 0) is 41.9 Å². The van der Waals surface area contributed by atoms with Gasteiger partial charge in [0.1, 0.15) is 5.69 Å². The molecule has 3 nitrogen and oxygen atoms in total. The minimum absolute atomic E-state index is 0.0914. The lowest BCUT2D eigenvalue weighted by Crippen LogP contribution is -2.46. The Morgan fingerprint density at radius 1 is 1.47 bits per heavy atom. The molecular weight excluding hydrogens is 265 g/mol. The number of carbonyl (C=O) groups is 1. The van der Waals surface area contributed by atoms with Gasteiger partial charge in [-0.3, -0.25) is 4.79 Å². The third kappa shape index (κ3) is 1.61. The third-order valence-corrected chi connectivity index (χ3v) is 2.83. The normalized spacial score (nSPS) is 17.7. The lowest BCUT2D eigenvalue weighted by molar-refractivity contribution is -0.129. The minimum Gasteiger partial charge on any atom is -0.475 e. The maximum absolute atomic E-state index is 13.4. The van der Waals surface area contributed by atoms with E-state index >= 15 is 0 Å². The van der Waals surface area contributed by atoms with Crippen molar-refractivity contribution >= 4 is 27.5 Å². The topological polar surface area (TPSA) is 38.3 Å². The Hall–Kier alpha value is -1.10. The van der Waals surface area contributed by atoms with Crippen molar-refractivity contribution in [2.24, 2.45) is 0 Å². The fraction of sp³-hybridized carbons (Fsp3) is 0.300. The average molecular weight is 274 g/mol. The molecule has 5 heteroatoms. The van der Waals surface area contributed by atoms with Gasteiger partial charge in [0, 0.05) is 0 Å². The number of anilines is 1. The number of rotatable bonds is 0. The molecule has 0 saturated carbocycles. The number of hydrogen-bond acceptors (Lipinski definition) is 2. The summed E-state index contributed by atoms with van der Waals surface area (Å²) >= 11 is 3.24. The fourth-order valence-corrected chi connectivity index (χ4v) is 1.73. The number of benzene rings is 1. The monoisotopic (exact) mass is 273 g/mol. The van der Waals surface area contributed by atoms with Crippen molar-refractivity contribution in [3.63, 3.8) is 0 Å². The molecule has 15 heavy (non-hydrogen) atoms. The highest BCUT2D eigenvalue weighted by Crippen LogP contribution is 2.40. The number of halogens is 2. The first-order chi connectivity index (χ1) is 6.92. The van der Waals surface area contributed by atoms with Gasteiger partial charge in [-0.25, -0.2) is 4.39 Å². The van der Waals surface area contributed by atoms with Crippen LogP contribution in [0.5, 0.6) is 5.75 Å². The van der Waals surface area contributed by atoms with Gasteiger partial charge >= 0.3 is 0 Å². The van der Waals surface area contributed by atoms with Crippen LogP contribution in [-0.2, 0) is 4.79 Å². The second-order valence-electron chi connectivity index (χ2n) is 3.80. The van der Waals surface area contributed by atoms with Crippen molar-refractivity contribution in [3.05, 3.63) is 22.4 Å². The number of amides is 1. The Kier molecular flexibility index (Phi) is 2.22. The van der Waals surface area contributed by atoms with Crippen LogP contribution < -0.4 is 10.1 Å². The molecule has 1 aliphatic rings. The van der Waals surface area contributed by atoms with E-state index in [2.05, 4.69) is 21.2 Å². The van der Waals surface area contributed by atoms with Crippen molar-refractivity contribution in [2.45, 2.75) is 19.4 Å². The quantitative estimate of drug-likeness (QED) is 0.789. The van der Waals surface area contributed by atoms with Crippen LogP contribution in [0.3, 0.4) is 0 Å². The van der Waals surface area contributed by atoms with Crippen LogP contribution in [-0.4, -0.2) is 11.5 Å². The molecule has 80 valence electrons. The summed E-state index contributed by atoms with van der Waals surface area (Å²) in [5, 5.41) is 2.49. The van der Waals surface area contributed by atoms with Gasteiger partial charge in [-0.2, -0.15) is 0 Å². The highest BCUT2D eigenvalue weighted by molar-refractivity contribution is 9.10. The fourth-order valence-electron chi connectivity index (χ4n) is 1.32. The van der Waals surface area contributed by atoms with E-state index in [0.717, 1.165) is 0 Å². The number of ether oxygens (including phenoxy) is 1. The largest absolute Gasteiger partial charge is 0.475 e. The molecule has 0 saturated heterocycles. The molecule has 1 N–H and O–H groups in total. The summed E-state index contributed by atoms with van der Waals surface area (Å²) in [6.07, 6.45) is 0. The molecule has 0 bridgehead atoms. The first kappa shape index (κ1) is 10.4. The molecule has 0 spiro atoms. The summed E-state index contributed by atoms with van der Waals surface area (Å²) < 4.78 is 19.4. The van der Waals surface area contributed by atoms with Crippen molar-refractivity contribution in [1.82, 2.24) is 0 Å². The highest BCUT2D eigenvalue weighted by atomic mass is 79.9. The predicted octanol–water partition coefficient (Wildman–Crippen LogP) is 2.70. The number of nitrogens with one attached hydrogen (secondary N) is 1. The maximum atomic E-state index is 13.4. The molecule has 1 aromatic carbocycles. The van der Waals surface area contributed by atoms with Crippen LogP contribution in [0.25, 0.3) is 0 Å². The number of hydrogen-bond donors (Lipinski definition) is 1. The van der Waals surface area contributed by atoms with Crippen molar-refractivity contribution < 1.29 is 13.9 Å². The highest BCUT2D eigenvalue weighted by Gasteiger charge is 2.37. The van der Waals surface area contributed by atoms with Gasteiger partial charge < -0.3 is 10.1 Å². The lowest BCUT2D eigenvalue weighted by Gasteiger charge is -2.32. The van der Waals surface area contributed by atoms with E-state index in [0.29, 0.717) is 10.2 Å². The molecular formula is C10H9BrFNO2. The Balaban J connectivity index is 2.59. The summed E-state index contributed by atoms with van der Waals surface area (Å²) in [7, 11) is 0. The molecule has 0 unspecified atom stereocenters. The molecule has 0 aromatic heterocycles. The van der Waals surface area contributed by atoms with Crippen LogP contribution in [0.4, 0.5) is 10.1 Å². The maximum Gasteiger partial charge on any atom is 0.268 e. The molecule has 0 aliphatic carbocycles. The molecule has 1 aliphatic heterocycles. The first-order valence-electron chi connectivity index (χ1n) is 4.40.